The molecule has 1 amide bonds. The molecule has 0 saturated heterocycles. The number of amides is 1. The average molecular weight is 538 g/mol. The third kappa shape index (κ3) is 5.93. The topological polar surface area (TPSA) is 107 Å². The first-order valence-electron chi connectivity index (χ1n) is 11.2. The van der Waals surface area contributed by atoms with Gasteiger partial charge in [-0.1, -0.05) is 48.0 Å². The molecule has 2 atom stereocenters. The van der Waals surface area contributed by atoms with Crippen LogP contribution in [0.4, 0.5) is 10.1 Å². The summed E-state index contributed by atoms with van der Waals surface area (Å²) in [6.45, 7) is 2.69. The van der Waals surface area contributed by atoms with Crippen LogP contribution in [0.15, 0.2) is 60.2 Å². The number of hydrogen-bond donors (Lipinski definition) is 0. The average Bonchev–Trinajstić information content (AvgIpc) is 2.84. The predicted molar refractivity (Wildman–Crippen MR) is 131 cm³/mol. The Morgan fingerprint density at radius 3 is 2.47 bits per heavy atom. The Morgan fingerprint density at radius 1 is 1.17 bits per heavy atom. The molecule has 1 aliphatic rings. The lowest BCUT2D eigenvalue weighted by atomic mass is 9.99. The fourth-order valence-electron chi connectivity index (χ4n) is 3.90. The lowest BCUT2D eigenvalue weighted by molar-refractivity contribution is -0.153. The highest BCUT2D eigenvalue weighted by molar-refractivity contribution is 7.94. The zero-order chi connectivity index (χ0) is 26.5. The van der Waals surface area contributed by atoms with Crippen LogP contribution < -0.4 is 4.31 Å². The highest BCUT2D eigenvalue weighted by Crippen LogP contribution is 2.37. The van der Waals surface area contributed by atoms with Gasteiger partial charge in [-0.05, 0) is 44.4 Å². The summed E-state index contributed by atoms with van der Waals surface area (Å²) in [5.41, 5.74) is -0.242. The minimum atomic E-state index is -4.70. The predicted octanol–water partition coefficient (Wildman–Crippen LogP) is 4.49. The number of hydrogen-bond acceptors (Lipinski definition) is 7. The van der Waals surface area contributed by atoms with Gasteiger partial charge >= 0.3 is 11.9 Å². The highest BCUT2D eigenvalue weighted by Gasteiger charge is 2.45. The minimum Gasteiger partial charge on any atom is -0.463 e. The van der Waals surface area contributed by atoms with Crippen molar-refractivity contribution in [1.82, 2.24) is 0 Å². The van der Waals surface area contributed by atoms with Crippen LogP contribution in [0.3, 0.4) is 0 Å². The lowest BCUT2D eigenvalue weighted by Crippen LogP contribution is -2.48. The van der Waals surface area contributed by atoms with Crippen LogP contribution in [0.25, 0.3) is 0 Å². The summed E-state index contributed by atoms with van der Waals surface area (Å²) in [5.74, 6) is -3.55. The van der Waals surface area contributed by atoms with Crippen molar-refractivity contribution in [2.75, 3.05) is 10.9 Å². The maximum Gasteiger partial charge on any atom is 0.335 e. The minimum absolute atomic E-state index is 0.0257. The summed E-state index contributed by atoms with van der Waals surface area (Å²) in [4.78, 5) is 38.4. The Bertz CT molecular complexity index is 1280. The van der Waals surface area contributed by atoms with Gasteiger partial charge in [0.2, 0.25) is 16.1 Å². The van der Waals surface area contributed by atoms with Crippen LogP contribution in [0, 0.1) is 5.82 Å². The molecular formula is C25H25ClFNO7S. The Balaban J connectivity index is 2.20. The van der Waals surface area contributed by atoms with Gasteiger partial charge in [0.1, 0.15) is 11.1 Å². The second-order valence-corrected chi connectivity index (χ2v) is 10.3. The second kappa shape index (κ2) is 11.7. The van der Waals surface area contributed by atoms with E-state index in [0.29, 0.717) is 17.1 Å². The molecule has 2 aromatic rings. The fraction of sp³-hybridized carbons (Fsp3) is 0.320. The van der Waals surface area contributed by atoms with Gasteiger partial charge in [-0.3, -0.25) is 9.59 Å². The number of benzene rings is 2. The largest absolute Gasteiger partial charge is 0.463 e. The number of nitrogens with zero attached hydrogens (tertiary/aromatic N) is 1. The van der Waals surface area contributed by atoms with Gasteiger partial charge < -0.3 is 9.47 Å². The van der Waals surface area contributed by atoms with Crippen molar-refractivity contribution in [2.24, 2.45) is 0 Å². The van der Waals surface area contributed by atoms with E-state index in [1.54, 1.807) is 25.1 Å². The SMILES string of the molecule is CCOC(=O)C1=CCCC[C@H]1S(=O)(=O)N(C(=O)[C@@H](OC(C)=O)c1ccccc1)c1ccc(F)cc1Cl. The smallest absolute Gasteiger partial charge is 0.335 e. The Morgan fingerprint density at radius 2 is 1.86 bits per heavy atom. The number of ether oxygens (including phenoxy) is 2. The molecule has 0 saturated carbocycles. The zero-order valence-corrected chi connectivity index (χ0v) is 21.2. The molecule has 0 aromatic heterocycles. The van der Waals surface area contributed by atoms with E-state index in [1.807, 2.05) is 0 Å². The van der Waals surface area contributed by atoms with Crippen molar-refractivity contribution in [3.63, 3.8) is 0 Å². The Hall–Kier alpha value is -3.24. The van der Waals surface area contributed by atoms with E-state index < -0.39 is 45.0 Å². The summed E-state index contributed by atoms with van der Waals surface area (Å²) in [6.07, 6.45) is 0.723. The molecule has 11 heteroatoms. The van der Waals surface area contributed by atoms with Gasteiger partial charge in [0.05, 0.1) is 22.9 Å². The summed E-state index contributed by atoms with van der Waals surface area (Å²) in [5, 5.41) is -1.80. The van der Waals surface area contributed by atoms with E-state index >= 15 is 0 Å². The van der Waals surface area contributed by atoms with Gasteiger partial charge in [-0.2, -0.15) is 0 Å². The van der Waals surface area contributed by atoms with E-state index in [1.165, 1.54) is 18.2 Å². The van der Waals surface area contributed by atoms with Gasteiger partial charge in [-0.15, -0.1) is 0 Å². The third-order valence-corrected chi connectivity index (χ3v) is 7.84. The van der Waals surface area contributed by atoms with Crippen LogP contribution in [-0.2, 0) is 33.9 Å². The first-order chi connectivity index (χ1) is 17.1. The molecule has 1 aliphatic carbocycles. The molecule has 0 fully saturated rings. The maximum absolute atomic E-state index is 14.1. The van der Waals surface area contributed by atoms with Gasteiger partial charge in [0.15, 0.2) is 0 Å². The fourth-order valence-corrected chi connectivity index (χ4v) is 6.22. The molecule has 0 N–H and O–H groups in total. The first-order valence-corrected chi connectivity index (χ1v) is 13.1. The number of carbonyl (C=O) groups excluding carboxylic acids is 3. The number of anilines is 1. The molecule has 0 radical (unpaired) electrons. The molecule has 0 spiro atoms. The quantitative estimate of drug-likeness (QED) is 0.457. The molecule has 0 unspecified atom stereocenters. The first kappa shape index (κ1) is 27.3. The van der Waals surface area contributed by atoms with Crippen molar-refractivity contribution in [3.05, 3.63) is 76.6 Å². The summed E-state index contributed by atoms with van der Waals surface area (Å²) in [7, 11) is -4.70. The molecule has 8 nitrogen and oxygen atoms in total. The number of esters is 2. The summed E-state index contributed by atoms with van der Waals surface area (Å²) < 4.78 is 52.7. The third-order valence-electron chi connectivity index (χ3n) is 5.45. The second-order valence-electron chi connectivity index (χ2n) is 7.94. The number of sulfonamides is 1. The monoisotopic (exact) mass is 537 g/mol. The van der Waals surface area contributed by atoms with Crippen molar-refractivity contribution in [1.29, 1.82) is 0 Å². The van der Waals surface area contributed by atoms with Crippen LogP contribution in [-0.4, -0.2) is 38.1 Å². The van der Waals surface area contributed by atoms with Crippen LogP contribution in [0.1, 0.15) is 44.8 Å². The number of halogens is 2. The van der Waals surface area contributed by atoms with Crippen molar-refractivity contribution in [2.45, 2.75) is 44.5 Å². The lowest BCUT2D eigenvalue weighted by Gasteiger charge is -2.32. The molecule has 36 heavy (non-hydrogen) atoms. The van der Waals surface area contributed by atoms with Crippen LogP contribution in [0.5, 0.6) is 0 Å². The van der Waals surface area contributed by atoms with E-state index in [0.717, 1.165) is 25.1 Å². The normalized spacial score (nSPS) is 16.4. The molecule has 192 valence electrons. The Labute approximate surface area is 213 Å². The molecule has 0 aliphatic heterocycles. The van der Waals surface area contributed by atoms with Crippen molar-refractivity contribution >= 4 is 45.2 Å². The summed E-state index contributed by atoms with van der Waals surface area (Å²) in [6, 6.07) is 10.7. The zero-order valence-electron chi connectivity index (χ0n) is 19.6. The van der Waals surface area contributed by atoms with Crippen molar-refractivity contribution < 1.29 is 36.7 Å². The standard InChI is InChI=1S/C25H25ClFNO7S/c1-3-34-25(31)19-11-7-8-12-22(19)36(32,33)28(21-14-13-18(27)15-20(21)26)24(30)23(35-16(2)29)17-9-5-4-6-10-17/h4-6,9-11,13-15,22-23H,3,7-8,12H2,1-2H3/t22-,23+/m1/s1. The molecular weight excluding hydrogens is 513 g/mol. The van der Waals surface area contributed by atoms with E-state index in [2.05, 4.69) is 0 Å². The number of carbonyl (C=O) groups is 3. The molecule has 2 aromatic carbocycles. The van der Waals surface area contributed by atoms with Gasteiger partial charge in [0, 0.05) is 12.5 Å². The van der Waals surface area contributed by atoms with Crippen molar-refractivity contribution in [3.8, 4) is 0 Å². The summed E-state index contributed by atoms with van der Waals surface area (Å²) >= 11 is 6.21. The van der Waals surface area contributed by atoms with Gasteiger partial charge in [0.25, 0.3) is 5.91 Å². The van der Waals surface area contributed by atoms with Crippen LogP contribution >= 0.6 is 11.6 Å². The van der Waals surface area contributed by atoms with E-state index in [-0.39, 0.29) is 34.9 Å². The maximum atomic E-state index is 14.1. The molecule has 0 heterocycles. The van der Waals surface area contributed by atoms with E-state index in [4.69, 9.17) is 21.1 Å². The van der Waals surface area contributed by atoms with Crippen LogP contribution in [0.2, 0.25) is 5.02 Å². The van der Waals surface area contributed by atoms with Gasteiger partial charge in [-0.25, -0.2) is 21.9 Å². The number of rotatable bonds is 8. The highest BCUT2D eigenvalue weighted by atomic mass is 35.5. The number of allylic oxidation sites excluding steroid dienone is 1. The molecule has 3 rings (SSSR count). The van der Waals surface area contributed by atoms with E-state index in [9.17, 15) is 27.2 Å². The Kier molecular flexibility index (Phi) is 8.86. The molecule has 0 bridgehead atoms.